The van der Waals surface area contributed by atoms with E-state index in [1.807, 2.05) is 0 Å². The summed E-state index contributed by atoms with van der Waals surface area (Å²) in [4.78, 5) is 38.3. The van der Waals surface area contributed by atoms with Gasteiger partial charge in [-0.1, -0.05) is 19.1 Å². The van der Waals surface area contributed by atoms with Crippen LogP contribution in [-0.4, -0.2) is 60.3 Å². The van der Waals surface area contributed by atoms with Gasteiger partial charge in [-0.25, -0.2) is 0 Å². The Morgan fingerprint density at radius 3 is 2.48 bits per heavy atom. The summed E-state index contributed by atoms with van der Waals surface area (Å²) in [6, 6.07) is 4.29. The number of hydrogen-bond donors (Lipinski definition) is 6. The number of aliphatic hydroxyl groups is 4. The van der Waals surface area contributed by atoms with Crippen molar-refractivity contribution in [3.63, 3.8) is 0 Å². The SMILES string of the molecule is CC1c2cccc(O)c2C(=O)C2=C(O)C3(O)C(=O)CC(O)CC3C(O)(C(N)=O)C21. The Morgan fingerprint density at radius 1 is 1.21 bits per heavy atom. The van der Waals surface area contributed by atoms with Gasteiger partial charge in [-0.05, 0) is 24.0 Å². The topological polar surface area (TPSA) is 178 Å². The molecule has 3 aliphatic rings. The van der Waals surface area contributed by atoms with Gasteiger partial charge in [0.25, 0.3) is 5.91 Å². The molecule has 6 unspecified atom stereocenters. The number of rotatable bonds is 1. The summed E-state index contributed by atoms with van der Waals surface area (Å²) >= 11 is 0. The first-order chi connectivity index (χ1) is 13.5. The monoisotopic (exact) mass is 403 g/mol. The Kier molecular flexibility index (Phi) is 3.97. The third kappa shape index (κ3) is 2.17. The minimum absolute atomic E-state index is 0.144. The zero-order chi connectivity index (χ0) is 21.5. The molecule has 7 N–H and O–H groups in total. The highest BCUT2D eigenvalue weighted by Crippen LogP contribution is 2.58. The molecule has 1 fully saturated rings. The van der Waals surface area contributed by atoms with Crippen LogP contribution in [-0.2, 0) is 9.59 Å². The molecule has 0 heterocycles. The Hall–Kier alpha value is -2.75. The van der Waals surface area contributed by atoms with Crippen LogP contribution < -0.4 is 5.73 Å². The summed E-state index contributed by atoms with van der Waals surface area (Å²) in [5, 5.41) is 53.8. The fraction of sp³-hybridized carbons (Fsp3) is 0.450. The van der Waals surface area contributed by atoms with Gasteiger partial charge in [-0.15, -0.1) is 0 Å². The maximum atomic E-state index is 13.2. The molecule has 3 aliphatic carbocycles. The largest absolute Gasteiger partial charge is 0.508 e. The van der Waals surface area contributed by atoms with Gasteiger partial charge in [-0.2, -0.15) is 0 Å². The van der Waals surface area contributed by atoms with E-state index in [1.54, 1.807) is 6.92 Å². The maximum absolute atomic E-state index is 13.2. The molecule has 9 nitrogen and oxygen atoms in total. The Balaban J connectivity index is 2.10. The van der Waals surface area contributed by atoms with Crippen LogP contribution in [0.3, 0.4) is 0 Å². The molecule has 0 aliphatic heterocycles. The Labute approximate surface area is 165 Å². The molecular weight excluding hydrogens is 382 g/mol. The fourth-order valence-electron chi connectivity index (χ4n) is 5.38. The number of phenolic OH excluding ortho intramolecular Hbond substituents is 1. The van der Waals surface area contributed by atoms with Crippen LogP contribution in [0.25, 0.3) is 0 Å². The van der Waals surface area contributed by atoms with Gasteiger partial charge < -0.3 is 31.3 Å². The van der Waals surface area contributed by atoms with Crippen LogP contribution in [0, 0.1) is 11.8 Å². The lowest BCUT2D eigenvalue weighted by atomic mass is 9.50. The van der Waals surface area contributed by atoms with E-state index in [0.717, 1.165) is 0 Å². The normalized spacial score (nSPS) is 38.9. The second-order valence-electron chi connectivity index (χ2n) is 8.12. The lowest BCUT2D eigenvalue weighted by Crippen LogP contribution is -2.72. The number of carbonyl (C=O) groups excluding carboxylic acids is 3. The summed E-state index contributed by atoms with van der Waals surface area (Å²) in [6.07, 6.45) is -2.18. The van der Waals surface area contributed by atoms with Gasteiger partial charge in [0.15, 0.2) is 22.8 Å². The lowest BCUT2D eigenvalue weighted by molar-refractivity contribution is -0.196. The highest BCUT2D eigenvalue weighted by molar-refractivity contribution is 6.15. The van der Waals surface area contributed by atoms with Crippen molar-refractivity contribution in [2.75, 3.05) is 0 Å². The van der Waals surface area contributed by atoms with Crippen LogP contribution in [0.1, 0.15) is 41.6 Å². The number of carbonyl (C=O) groups is 3. The van der Waals surface area contributed by atoms with E-state index < -0.39 is 70.3 Å². The van der Waals surface area contributed by atoms with E-state index in [-0.39, 0.29) is 17.7 Å². The van der Waals surface area contributed by atoms with E-state index in [4.69, 9.17) is 5.73 Å². The number of phenols is 1. The first kappa shape index (κ1) is 19.6. The van der Waals surface area contributed by atoms with Crippen molar-refractivity contribution in [1.82, 2.24) is 0 Å². The molecule has 0 aromatic heterocycles. The molecule has 4 rings (SSSR count). The number of amides is 1. The van der Waals surface area contributed by atoms with Crippen LogP contribution >= 0.6 is 0 Å². The average Bonchev–Trinajstić information content (AvgIpc) is 2.64. The van der Waals surface area contributed by atoms with Crippen molar-refractivity contribution < 1.29 is 39.9 Å². The molecule has 0 spiro atoms. The van der Waals surface area contributed by atoms with E-state index in [2.05, 4.69) is 0 Å². The van der Waals surface area contributed by atoms with E-state index in [0.29, 0.717) is 5.56 Å². The average molecular weight is 403 g/mol. The highest BCUT2D eigenvalue weighted by atomic mass is 16.4. The number of aliphatic hydroxyl groups excluding tert-OH is 2. The molecule has 0 saturated heterocycles. The van der Waals surface area contributed by atoms with E-state index >= 15 is 0 Å². The Bertz CT molecular complexity index is 1000. The summed E-state index contributed by atoms with van der Waals surface area (Å²) in [6.45, 7) is 1.57. The number of Topliss-reactive ketones (excluding diaryl/α,β-unsaturated/α-hetero) is 2. The van der Waals surface area contributed by atoms with Gasteiger partial charge in [0.1, 0.15) is 11.5 Å². The van der Waals surface area contributed by atoms with Crippen LogP contribution in [0.4, 0.5) is 0 Å². The van der Waals surface area contributed by atoms with Crippen LogP contribution in [0.5, 0.6) is 5.75 Å². The standard InChI is InChI=1S/C20H21NO8/c1-7-9-3-2-4-10(23)13(9)16(25)14-15(7)20(29,18(21)27)11-5-8(22)6-12(24)19(11,28)17(14)26/h2-4,7-8,11,15,22-23,26,28-29H,5-6H2,1H3,(H2,21,27). The van der Waals surface area contributed by atoms with Crippen molar-refractivity contribution in [1.29, 1.82) is 0 Å². The van der Waals surface area contributed by atoms with Crippen molar-refractivity contribution in [2.45, 2.75) is 43.0 Å². The molecule has 9 heteroatoms. The number of aromatic hydroxyl groups is 1. The lowest BCUT2D eigenvalue weighted by Gasteiger charge is -2.55. The van der Waals surface area contributed by atoms with Gasteiger partial charge in [-0.3, -0.25) is 14.4 Å². The molecule has 0 radical (unpaired) electrons. The molecule has 1 aromatic carbocycles. The number of primary amides is 1. The number of hydrogen-bond acceptors (Lipinski definition) is 8. The number of ketones is 2. The summed E-state index contributed by atoms with van der Waals surface area (Å²) in [7, 11) is 0. The predicted molar refractivity (Wildman–Crippen MR) is 96.8 cm³/mol. The van der Waals surface area contributed by atoms with Gasteiger partial charge in [0.05, 0.1) is 11.7 Å². The maximum Gasteiger partial charge on any atom is 0.250 e. The van der Waals surface area contributed by atoms with Gasteiger partial charge in [0, 0.05) is 23.8 Å². The molecule has 1 amide bonds. The van der Waals surface area contributed by atoms with Crippen molar-refractivity contribution in [3.05, 3.63) is 40.7 Å². The molecule has 154 valence electrons. The molecule has 6 atom stereocenters. The highest BCUT2D eigenvalue weighted by Gasteiger charge is 2.70. The molecule has 29 heavy (non-hydrogen) atoms. The summed E-state index contributed by atoms with van der Waals surface area (Å²) in [5.74, 6) is -8.40. The second kappa shape index (κ2) is 5.88. The van der Waals surface area contributed by atoms with Crippen molar-refractivity contribution in [2.24, 2.45) is 17.6 Å². The van der Waals surface area contributed by atoms with E-state index in [9.17, 15) is 39.9 Å². The zero-order valence-corrected chi connectivity index (χ0v) is 15.5. The molecule has 0 bridgehead atoms. The van der Waals surface area contributed by atoms with Crippen LogP contribution in [0.2, 0.25) is 0 Å². The summed E-state index contributed by atoms with van der Waals surface area (Å²) < 4.78 is 0. The minimum Gasteiger partial charge on any atom is -0.508 e. The number of fused-ring (bicyclic) bond motifs is 3. The molecule has 1 saturated carbocycles. The van der Waals surface area contributed by atoms with Crippen LogP contribution in [0.15, 0.2) is 29.5 Å². The molecular formula is C20H21NO8. The summed E-state index contributed by atoms with van der Waals surface area (Å²) in [5.41, 5.74) is -0.204. The molecule has 1 aromatic rings. The Morgan fingerprint density at radius 2 is 1.86 bits per heavy atom. The minimum atomic E-state index is -2.76. The third-order valence-electron chi connectivity index (χ3n) is 6.72. The van der Waals surface area contributed by atoms with Gasteiger partial charge in [0.2, 0.25) is 0 Å². The van der Waals surface area contributed by atoms with E-state index in [1.165, 1.54) is 18.2 Å². The second-order valence-corrected chi connectivity index (χ2v) is 8.12. The smallest absolute Gasteiger partial charge is 0.250 e. The van der Waals surface area contributed by atoms with Gasteiger partial charge >= 0.3 is 0 Å². The first-order valence-corrected chi connectivity index (χ1v) is 9.23. The number of nitrogens with two attached hydrogens (primary N) is 1. The third-order valence-corrected chi connectivity index (χ3v) is 6.72. The first-order valence-electron chi connectivity index (χ1n) is 9.23. The fourth-order valence-corrected chi connectivity index (χ4v) is 5.38. The van der Waals surface area contributed by atoms with Crippen molar-refractivity contribution in [3.8, 4) is 5.75 Å². The zero-order valence-electron chi connectivity index (χ0n) is 15.5. The predicted octanol–water partition coefficient (Wildman–Crippen LogP) is -0.579. The quantitative estimate of drug-likeness (QED) is 0.360. The number of benzene rings is 1. The van der Waals surface area contributed by atoms with Crippen molar-refractivity contribution >= 4 is 17.5 Å².